The highest BCUT2D eigenvalue weighted by atomic mass is 16.6. The number of hydrogen-bond acceptors (Lipinski definition) is 5. The molecule has 1 saturated heterocycles. The van der Waals surface area contributed by atoms with Gasteiger partial charge in [0.05, 0.1) is 13.2 Å². The van der Waals surface area contributed by atoms with Gasteiger partial charge in [0, 0.05) is 6.61 Å². The van der Waals surface area contributed by atoms with E-state index in [1.54, 1.807) is 0 Å². The van der Waals surface area contributed by atoms with Gasteiger partial charge in [0.2, 0.25) is 0 Å². The van der Waals surface area contributed by atoms with Gasteiger partial charge in [-0.25, -0.2) is 0 Å². The van der Waals surface area contributed by atoms with Gasteiger partial charge in [-0.2, -0.15) is 0 Å². The first-order valence-corrected chi connectivity index (χ1v) is 12.6. The Morgan fingerprint density at radius 2 is 1.40 bits per heavy atom. The van der Waals surface area contributed by atoms with Crippen molar-refractivity contribution in [3.05, 3.63) is 12.2 Å². The van der Waals surface area contributed by atoms with Gasteiger partial charge in [-0.15, -0.1) is 0 Å². The number of ether oxygens (including phenoxy) is 2. The largest absolute Gasteiger partial charge is 0.394 e. The van der Waals surface area contributed by atoms with Gasteiger partial charge in [-0.1, -0.05) is 89.7 Å². The van der Waals surface area contributed by atoms with Gasteiger partial charge in [-0.05, 0) is 25.7 Å². The van der Waals surface area contributed by atoms with Crippen molar-refractivity contribution in [1.82, 2.24) is 0 Å². The van der Waals surface area contributed by atoms with E-state index in [0.29, 0.717) is 6.61 Å². The summed E-state index contributed by atoms with van der Waals surface area (Å²) in [5.41, 5.74) is 0. The fraction of sp³-hybridized carbons (Fsp3) is 0.920. The molecule has 1 fully saturated rings. The number of hydrogen-bond donors (Lipinski definition) is 3. The Bertz CT molecular complexity index is 401. The zero-order valence-corrected chi connectivity index (χ0v) is 19.4. The fourth-order valence-corrected chi connectivity index (χ4v) is 4.03. The molecule has 5 heteroatoms. The van der Waals surface area contributed by atoms with Gasteiger partial charge in [0.15, 0.2) is 0 Å². The van der Waals surface area contributed by atoms with Crippen molar-refractivity contribution in [2.24, 2.45) is 0 Å². The smallest absolute Gasteiger partial charge is 0.114 e. The van der Waals surface area contributed by atoms with Crippen LogP contribution < -0.4 is 0 Å². The minimum atomic E-state index is -1.05. The van der Waals surface area contributed by atoms with E-state index in [4.69, 9.17) is 14.6 Å². The summed E-state index contributed by atoms with van der Waals surface area (Å²) in [4.78, 5) is 0. The maximum Gasteiger partial charge on any atom is 0.114 e. The monoisotopic (exact) mass is 428 g/mol. The highest BCUT2D eigenvalue weighted by Crippen LogP contribution is 2.20. The molecule has 0 aliphatic carbocycles. The molecule has 0 unspecified atom stereocenters. The van der Waals surface area contributed by atoms with Crippen molar-refractivity contribution in [2.75, 3.05) is 19.8 Å². The lowest BCUT2D eigenvalue weighted by Crippen LogP contribution is -2.41. The van der Waals surface area contributed by atoms with E-state index >= 15 is 0 Å². The van der Waals surface area contributed by atoms with E-state index in [-0.39, 0.29) is 6.61 Å². The Labute approximate surface area is 184 Å². The van der Waals surface area contributed by atoms with Crippen LogP contribution in [0.4, 0.5) is 0 Å². The van der Waals surface area contributed by atoms with Crippen LogP contribution in [0.25, 0.3) is 0 Å². The first-order valence-electron chi connectivity index (χ1n) is 12.6. The molecule has 178 valence electrons. The minimum Gasteiger partial charge on any atom is -0.394 e. The standard InChI is InChI=1S/C25H48O5/c1-2-3-4-5-6-7-8-9-10-11-12-13-14-15-16-17-18-19-29-23-21-30-25(24(23)28)22(27)20-26/h3-4,22-28H,2,5-21H2,1H3/b4-3+/t22-,23+,24+,25+/m1/s1. The molecule has 4 atom stereocenters. The van der Waals surface area contributed by atoms with Crippen LogP contribution in [0.2, 0.25) is 0 Å². The second-order valence-electron chi connectivity index (χ2n) is 8.71. The van der Waals surface area contributed by atoms with Crippen LogP contribution in [0.5, 0.6) is 0 Å². The summed E-state index contributed by atoms with van der Waals surface area (Å²) < 4.78 is 11.0. The molecule has 0 amide bonds. The summed E-state index contributed by atoms with van der Waals surface area (Å²) in [6.07, 6.45) is 21.0. The quantitative estimate of drug-likeness (QED) is 0.190. The van der Waals surface area contributed by atoms with E-state index in [2.05, 4.69) is 19.1 Å². The second kappa shape index (κ2) is 19.2. The number of aliphatic hydroxyl groups is 3. The molecule has 1 aliphatic rings. The molecule has 0 aromatic heterocycles. The Morgan fingerprint density at radius 3 is 1.93 bits per heavy atom. The van der Waals surface area contributed by atoms with Crippen molar-refractivity contribution in [3.63, 3.8) is 0 Å². The summed E-state index contributed by atoms with van der Waals surface area (Å²) >= 11 is 0. The van der Waals surface area contributed by atoms with Crippen LogP contribution in [0.15, 0.2) is 12.2 Å². The molecular weight excluding hydrogens is 380 g/mol. The number of allylic oxidation sites excluding steroid dienone is 2. The predicted molar refractivity (Wildman–Crippen MR) is 123 cm³/mol. The maximum atomic E-state index is 10.1. The lowest BCUT2D eigenvalue weighted by Gasteiger charge is -2.20. The Morgan fingerprint density at radius 1 is 0.867 bits per heavy atom. The lowest BCUT2D eigenvalue weighted by atomic mass is 10.0. The first kappa shape index (κ1) is 27.6. The van der Waals surface area contributed by atoms with Crippen LogP contribution in [0.3, 0.4) is 0 Å². The highest BCUT2D eigenvalue weighted by Gasteiger charge is 2.40. The molecule has 1 rings (SSSR count). The zero-order chi connectivity index (χ0) is 21.9. The van der Waals surface area contributed by atoms with Gasteiger partial charge in [0.25, 0.3) is 0 Å². The van der Waals surface area contributed by atoms with Crippen molar-refractivity contribution < 1.29 is 24.8 Å². The third-order valence-corrected chi connectivity index (χ3v) is 5.99. The zero-order valence-electron chi connectivity index (χ0n) is 19.4. The molecule has 3 N–H and O–H groups in total. The van der Waals surface area contributed by atoms with E-state index in [1.165, 1.54) is 77.0 Å². The number of rotatable bonds is 20. The van der Waals surface area contributed by atoms with Gasteiger partial charge in [-0.3, -0.25) is 0 Å². The van der Waals surface area contributed by atoms with Gasteiger partial charge >= 0.3 is 0 Å². The molecular formula is C25H48O5. The Hall–Kier alpha value is -0.460. The topological polar surface area (TPSA) is 79.2 Å². The fourth-order valence-electron chi connectivity index (χ4n) is 4.03. The molecule has 0 bridgehead atoms. The maximum absolute atomic E-state index is 10.1. The average molecular weight is 429 g/mol. The minimum absolute atomic E-state index is 0.277. The average Bonchev–Trinajstić information content (AvgIpc) is 3.12. The molecule has 1 aliphatic heterocycles. The predicted octanol–water partition coefficient (Wildman–Crippen LogP) is 4.91. The molecule has 5 nitrogen and oxygen atoms in total. The summed E-state index contributed by atoms with van der Waals surface area (Å²) in [6.45, 7) is 2.67. The molecule has 0 aromatic carbocycles. The summed E-state index contributed by atoms with van der Waals surface area (Å²) in [5, 5.41) is 28.6. The summed E-state index contributed by atoms with van der Waals surface area (Å²) in [7, 11) is 0. The molecule has 30 heavy (non-hydrogen) atoms. The molecule has 1 heterocycles. The van der Waals surface area contributed by atoms with Crippen molar-refractivity contribution in [1.29, 1.82) is 0 Å². The van der Waals surface area contributed by atoms with E-state index in [0.717, 1.165) is 19.3 Å². The third kappa shape index (κ3) is 13.1. The van der Waals surface area contributed by atoms with Crippen LogP contribution in [0, 0.1) is 0 Å². The lowest BCUT2D eigenvalue weighted by molar-refractivity contribution is -0.0730. The molecule has 0 radical (unpaired) electrons. The molecule has 0 saturated carbocycles. The van der Waals surface area contributed by atoms with Gasteiger partial charge in [0.1, 0.15) is 24.4 Å². The van der Waals surface area contributed by atoms with Crippen LogP contribution in [-0.2, 0) is 9.47 Å². The van der Waals surface area contributed by atoms with E-state index < -0.39 is 31.0 Å². The second-order valence-corrected chi connectivity index (χ2v) is 8.71. The first-order chi connectivity index (χ1) is 14.7. The van der Waals surface area contributed by atoms with Crippen molar-refractivity contribution in [2.45, 2.75) is 128 Å². The number of aliphatic hydroxyl groups excluding tert-OH is 3. The van der Waals surface area contributed by atoms with Crippen LogP contribution in [0.1, 0.15) is 103 Å². The Balaban J connectivity index is 1.78. The van der Waals surface area contributed by atoms with E-state index in [1.807, 2.05) is 0 Å². The van der Waals surface area contributed by atoms with Crippen LogP contribution >= 0.6 is 0 Å². The van der Waals surface area contributed by atoms with Crippen molar-refractivity contribution >= 4 is 0 Å². The van der Waals surface area contributed by atoms with Gasteiger partial charge < -0.3 is 24.8 Å². The van der Waals surface area contributed by atoms with Crippen LogP contribution in [-0.4, -0.2) is 59.6 Å². The highest BCUT2D eigenvalue weighted by molar-refractivity contribution is 4.88. The molecule has 0 spiro atoms. The summed E-state index contributed by atoms with van der Waals surface area (Å²) in [6, 6.07) is 0. The van der Waals surface area contributed by atoms with Crippen molar-refractivity contribution in [3.8, 4) is 0 Å². The summed E-state index contributed by atoms with van der Waals surface area (Å²) in [5.74, 6) is 0. The normalized spacial score (nSPS) is 22.9. The van der Waals surface area contributed by atoms with E-state index in [9.17, 15) is 10.2 Å². The SMILES string of the molecule is CC/C=C/CCCCCCCCCCCCCCCO[C@H]1CO[C@@H]([C@H](O)CO)[C@H]1O. The number of unbranched alkanes of at least 4 members (excludes halogenated alkanes) is 13. The molecule has 0 aromatic rings. The Kier molecular flexibility index (Phi) is 17.7. The third-order valence-electron chi connectivity index (χ3n) is 5.99.